The lowest BCUT2D eigenvalue weighted by molar-refractivity contribution is 0.668. The van der Waals surface area contributed by atoms with E-state index in [0.29, 0.717) is 0 Å². The Hall–Kier alpha value is -10.1. The largest absolute Gasteiger partial charge is 0.456 e. The van der Waals surface area contributed by atoms with Gasteiger partial charge < -0.3 is 13.7 Å². The molecule has 408 valence electrons. The molecule has 3 aliphatic rings. The Labute approximate surface area is 517 Å². The van der Waals surface area contributed by atoms with Crippen molar-refractivity contribution in [2.75, 3.05) is 4.90 Å². The van der Waals surface area contributed by atoms with E-state index in [9.17, 15) is 0 Å². The molecule has 19 aromatic rings. The molecule has 0 saturated heterocycles. The van der Waals surface area contributed by atoms with Gasteiger partial charge >= 0.3 is 0 Å². The number of para-hydroxylation sites is 2. The van der Waals surface area contributed by atoms with Gasteiger partial charge in [-0.25, -0.2) is 0 Å². The fraction of sp³-hybridized carbons (Fsp3) is 0.0250. The molecule has 22 rings (SSSR count). The van der Waals surface area contributed by atoms with Crippen LogP contribution in [0.15, 0.2) is 252 Å². The van der Waals surface area contributed by atoms with Gasteiger partial charge in [0, 0.05) is 84.7 Å². The van der Waals surface area contributed by atoms with E-state index < -0.39 is 0 Å². The number of hydrogen-bond acceptors (Lipinski definition) is 7. The van der Waals surface area contributed by atoms with Gasteiger partial charge in [-0.15, -0.1) is 45.3 Å². The van der Waals surface area contributed by atoms with Crippen molar-refractivity contribution in [2.24, 2.45) is 0 Å². The fourth-order valence-corrected chi connectivity index (χ4v) is 21.4. The molecule has 8 heteroatoms. The molecule has 10 heterocycles. The highest BCUT2D eigenvalue weighted by atomic mass is 32.1. The van der Waals surface area contributed by atoms with Crippen LogP contribution in [-0.4, -0.2) is 10.4 Å². The molecule has 1 aliphatic carbocycles. The van der Waals surface area contributed by atoms with E-state index in [1.165, 1.54) is 165 Å². The quantitative estimate of drug-likeness (QED) is 0.172. The van der Waals surface area contributed by atoms with Crippen LogP contribution in [0.1, 0.15) is 11.5 Å². The first-order valence-corrected chi connectivity index (χ1v) is 33.3. The van der Waals surface area contributed by atoms with Gasteiger partial charge in [0.2, 0.25) is 0 Å². The van der Waals surface area contributed by atoms with Gasteiger partial charge in [0.05, 0.1) is 32.2 Å². The van der Waals surface area contributed by atoms with Gasteiger partial charge in [0.25, 0.3) is 0 Å². The molecule has 4 nitrogen and oxygen atoms in total. The number of fused-ring (bicyclic) bond motifs is 22. The first-order chi connectivity index (χ1) is 43.6. The van der Waals surface area contributed by atoms with E-state index in [2.05, 4.69) is 252 Å². The van der Waals surface area contributed by atoms with Crippen LogP contribution >= 0.6 is 45.3 Å². The highest BCUT2D eigenvalue weighted by molar-refractivity contribution is 7.34. The number of furan rings is 2. The zero-order chi connectivity index (χ0) is 56.8. The van der Waals surface area contributed by atoms with E-state index in [1.807, 2.05) is 45.3 Å². The zero-order valence-corrected chi connectivity index (χ0v) is 49.9. The minimum absolute atomic E-state index is 0.148. The second-order valence-corrected chi connectivity index (χ2v) is 28.2. The van der Waals surface area contributed by atoms with Crippen molar-refractivity contribution in [2.45, 2.75) is 12.0 Å². The first-order valence-electron chi connectivity index (χ1n) is 30.0. The van der Waals surface area contributed by atoms with Crippen LogP contribution in [0.25, 0.3) is 187 Å². The van der Waals surface area contributed by atoms with Gasteiger partial charge in [0.15, 0.2) is 0 Å². The van der Waals surface area contributed by atoms with E-state index in [0.717, 1.165) is 38.5 Å². The van der Waals surface area contributed by atoms with Crippen LogP contribution in [-0.2, 0) is 0 Å². The summed E-state index contributed by atoms with van der Waals surface area (Å²) in [4.78, 5) is 6.54. The highest BCUT2D eigenvalue weighted by Gasteiger charge is 2.46. The third-order valence-electron chi connectivity index (χ3n) is 19.6. The Morgan fingerprint density at radius 2 is 1.03 bits per heavy atom. The summed E-state index contributed by atoms with van der Waals surface area (Å²) in [7, 11) is 0. The van der Waals surface area contributed by atoms with E-state index in [-0.39, 0.29) is 12.0 Å². The molecule has 0 fully saturated rings. The van der Waals surface area contributed by atoms with Crippen LogP contribution in [0, 0.1) is 0 Å². The number of rotatable bonds is 5. The summed E-state index contributed by atoms with van der Waals surface area (Å²) < 4.78 is 20.9. The normalized spacial score (nSPS) is 15.4. The lowest BCUT2D eigenvalue weighted by Crippen LogP contribution is -2.29. The third-order valence-corrected chi connectivity index (χ3v) is 24.5. The van der Waals surface area contributed by atoms with Crippen molar-refractivity contribution in [3.8, 4) is 65.4 Å². The number of anilines is 2. The summed E-state index contributed by atoms with van der Waals surface area (Å²) >= 11 is 7.72. The molecule has 2 unspecified atom stereocenters. The number of nitrogens with zero attached hydrogens (tertiary/aromatic N) is 2. The van der Waals surface area contributed by atoms with Gasteiger partial charge in [-0.2, -0.15) is 0 Å². The summed E-state index contributed by atoms with van der Waals surface area (Å²) in [6.07, 6.45) is 9.44. The van der Waals surface area contributed by atoms with E-state index >= 15 is 0 Å². The summed E-state index contributed by atoms with van der Waals surface area (Å²) in [6.45, 7) is 0. The summed E-state index contributed by atoms with van der Waals surface area (Å²) in [5.74, 6) is 0.191. The average molecular weight is 1190 g/mol. The summed E-state index contributed by atoms with van der Waals surface area (Å²) in [6, 6.07) is 81.7. The maximum absolute atomic E-state index is 6.45. The molecule has 2 atom stereocenters. The molecular weight excluding hydrogens is 1150 g/mol. The molecular formula is C80H42N2O2S4. The van der Waals surface area contributed by atoms with Crippen LogP contribution in [0.3, 0.4) is 0 Å². The third kappa shape index (κ3) is 6.03. The topological polar surface area (TPSA) is 33.9 Å². The Kier molecular flexibility index (Phi) is 9.06. The lowest BCUT2D eigenvalue weighted by Gasteiger charge is -2.32. The van der Waals surface area contributed by atoms with Crippen LogP contribution in [0.5, 0.6) is 0 Å². The summed E-state index contributed by atoms with van der Waals surface area (Å²) in [5.41, 5.74) is 21.5. The maximum atomic E-state index is 6.45. The van der Waals surface area contributed by atoms with Gasteiger partial charge in [-0.05, 0) is 127 Å². The van der Waals surface area contributed by atoms with E-state index in [4.69, 9.17) is 8.83 Å². The Bertz CT molecular complexity index is 6390. The minimum Gasteiger partial charge on any atom is -0.456 e. The first kappa shape index (κ1) is 47.1. The Balaban J connectivity index is 0.805. The molecule has 88 heavy (non-hydrogen) atoms. The Morgan fingerprint density at radius 3 is 1.92 bits per heavy atom. The average Bonchev–Trinajstić information content (AvgIpc) is 1.53. The highest BCUT2D eigenvalue weighted by Crippen LogP contribution is 2.65. The van der Waals surface area contributed by atoms with Crippen molar-refractivity contribution >= 4 is 178 Å². The van der Waals surface area contributed by atoms with Crippen molar-refractivity contribution in [3.63, 3.8) is 0 Å². The molecule has 11 aromatic carbocycles. The molecule has 0 amide bonds. The monoisotopic (exact) mass is 1190 g/mol. The number of hydrogen-bond donors (Lipinski definition) is 0. The zero-order valence-electron chi connectivity index (χ0n) is 46.6. The fourth-order valence-electron chi connectivity index (χ4n) is 16.0. The van der Waals surface area contributed by atoms with Crippen LogP contribution in [0.2, 0.25) is 0 Å². The van der Waals surface area contributed by atoms with E-state index in [1.54, 1.807) is 0 Å². The molecule has 0 radical (unpaired) electrons. The lowest BCUT2D eigenvalue weighted by atomic mass is 9.82. The molecule has 0 saturated carbocycles. The van der Waals surface area contributed by atoms with Crippen molar-refractivity contribution < 1.29 is 8.83 Å². The molecule has 8 aromatic heterocycles. The number of benzene rings is 11. The SMILES string of the molecule is C1=CC2c3c(-c4ccccc4)cc4c(-c5ccc6c7cc(-c8ccccc8)c8cccc9c%10c%11sc(-c%12cccc%13oc%14ccccc%14c%12%13)cc%11sc%10n(c6c5)c7c89)ccc5c4c3N(c3sc4cc(-c6ccc7c(c6)oc6ccccc67)sc4c3-5)C2C=C1. The number of thiophene rings is 4. The molecule has 0 spiro atoms. The van der Waals surface area contributed by atoms with Crippen LogP contribution < -0.4 is 4.90 Å². The van der Waals surface area contributed by atoms with Crippen molar-refractivity contribution in [1.82, 2.24) is 4.40 Å². The number of allylic oxidation sites excluding steroid dienone is 2. The second kappa shape index (κ2) is 16.9. The summed E-state index contributed by atoms with van der Waals surface area (Å²) in [5, 5.41) is 16.4. The smallest absolute Gasteiger partial charge is 0.136 e. The Morgan fingerprint density at radius 1 is 0.364 bits per heavy atom. The molecule has 0 bridgehead atoms. The standard InChI is InChI=1S/C80H42N2O2S4/c1-3-15-41(16-4-1)55-37-58-46-31-29-43(35-60(46)82-75(58)70-49(55)22-13-24-53(70)73-78-68(88-80(73)82)40-66(86-78)52-23-14-28-63-69(52)51-21-9-12-27-62(51)83-63)45-33-34-54-72-57(45)38-56(42-17-5-2-6-18-42)71-50-20-7-10-25-59(50)81(76(71)72)79-74(54)77-67(87-79)39-65(85-77)44-30-32-48-47-19-8-11-26-61(47)84-64(48)36-44/h1-40,50,59H. The predicted octanol–water partition coefficient (Wildman–Crippen LogP) is 24.5. The van der Waals surface area contributed by atoms with Crippen molar-refractivity contribution in [3.05, 3.63) is 248 Å². The van der Waals surface area contributed by atoms with Gasteiger partial charge in [-0.1, -0.05) is 182 Å². The van der Waals surface area contributed by atoms with Gasteiger partial charge in [0.1, 0.15) is 32.2 Å². The van der Waals surface area contributed by atoms with Crippen molar-refractivity contribution in [1.29, 1.82) is 0 Å². The minimum atomic E-state index is 0.148. The second-order valence-electron chi connectivity index (χ2n) is 24.0. The van der Waals surface area contributed by atoms with Gasteiger partial charge in [-0.3, -0.25) is 4.40 Å². The maximum Gasteiger partial charge on any atom is 0.136 e. The number of aromatic nitrogens is 1. The number of pyridine rings is 1. The van der Waals surface area contributed by atoms with Crippen LogP contribution in [0.4, 0.5) is 10.7 Å². The molecule has 2 aliphatic heterocycles. The predicted molar refractivity (Wildman–Crippen MR) is 377 cm³/mol. The molecule has 0 N–H and O–H groups in total.